The molecule has 0 radical (unpaired) electrons. The lowest BCUT2D eigenvalue weighted by Gasteiger charge is -2.22. The van der Waals surface area contributed by atoms with Crippen molar-refractivity contribution in [2.24, 2.45) is 0 Å². The largest absolute Gasteiger partial charge is 0.389 e. The van der Waals surface area contributed by atoms with Crippen molar-refractivity contribution in [3.8, 4) is 0 Å². The number of hydrogen-bond donors (Lipinski definition) is 1. The summed E-state index contributed by atoms with van der Waals surface area (Å²) in [5, 5.41) is 9.59. The monoisotopic (exact) mass is 208 g/mol. The van der Waals surface area contributed by atoms with E-state index in [1.54, 1.807) is 6.92 Å². The highest BCUT2D eigenvalue weighted by molar-refractivity contribution is 7.86. The quantitative estimate of drug-likeness (QED) is 0.649. The molecule has 1 atom stereocenters. The van der Waals surface area contributed by atoms with Gasteiger partial charge in [0.2, 0.25) is 0 Å². The molecular weight excluding hydrogens is 192 g/mol. The zero-order chi connectivity index (χ0) is 10.3. The number of hydrogen-bond acceptors (Lipinski definition) is 3. The summed E-state index contributed by atoms with van der Waals surface area (Å²) in [6.45, 7) is 2.24. The molecule has 1 aliphatic rings. The normalized spacial score (nSPS) is 31.5. The highest BCUT2D eigenvalue weighted by Gasteiger charge is 2.38. The maximum atomic E-state index is 11.6. The van der Waals surface area contributed by atoms with Gasteiger partial charge >= 0.3 is 0 Å². The Hall–Kier alpha value is -0.170. The SMILES string of the molecule is CN(C)S(=O)(=O)N1CCC(C)(O)C1. The Morgan fingerprint density at radius 3 is 2.31 bits per heavy atom. The van der Waals surface area contributed by atoms with E-state index in [1.807, 2.05) is 0 Å². The minimum absolute atomic E-state index is 0.188. The first-order chi connectivity index (χ1) is 5.76. The van der Waals surface area contributed by atoms with E-state index >= 15 is 0 Å². The van der Waals surface area contributed by atoms with Crippen LogP contribution in [0.25, 0.3) is 0 Å². The number of aliphatic hydroxyl groups is 1. The van der Waals surface area contributed by atoms with Crippen LogP contribution in [-0.4, -0.2) is 54.9 Å². The smallest absolute Gasteiger partial charge is 0.281 e. The van der Waals surface area contributed by atoms with Crippen LogP contribution in [0.3, 0.4) is 0 Å². The van der Waals surface area contributed by atoms with Crippen LogP contribution in [0.15, 0.2) is 0 Å². The van der Waals surface area contributed by atoms with E-state index in [2.05, 4.69) is 0 Å². The third kappa shape index (κ3) is 2.19. The predicted octanol–water partition coefficient (Wildman–Crippen LogP) is -0.750. The number of β-amino-alcohol motifs (C(OH)–C–C–N with tert-alkyl or cyclic N) is 1. The molecule has 5 nitrogen and oxygen atoms in total. The van der Waals surface area contributed by atoms with Crippen LogP contribution in [0.1, 0.15) is 13.3 Å². The molecule has 13 heavy (non-hydrogen) atoms. The van der Waals surface area contributed by atoms with Crippen LogP contribution >= 0.6 is 0 Å². The molecule has 0 aromatic carbocycles. The zero-order valence-electron chi connectivity index (χ0n) is 8.19. The van der Waals surface area contributed by atoms with Crippen molar-refractivity contribution < 1.29 is 13.5 Å². The van der Waals surface area contributed by atoms with Crippen LogP contribution in [0.5, 0.6) is 0 Å². The molecule has 1 heterocycles. The molecule has 1 N–H and O–H groups in total. The fraction of sp³-hybridized carbons (Fsp3) is 1.00. The summed E-state index contributed by atoms with van der Waals surface area (Å²) in [6, 6.07) is 0. The zero-order valence-corrected chi connectivity index (χ0v) is 9.00. The standard InChI is InChI=1S/C7H16N2O3S/c1-7(10)4-5-9(6-7)13(11,12)8(2)3/h10H,4-6H2,1-3H3. The summed E-state index contributed by atoms with van der Waals surface area (Å²) in [5.41, 5.74) is -0.872. The molecule has 0 aromatic rings. The van der Waals surface area contributed by atoms with Gasteiger partial charge in [-0.05, 0) is 13.3 Å². The molecule has 1 fully saturated rings. The van der Waals surface area contributed by atoms with E-state index in [-0.39, 0.29) is 6.54 Å². The Balaban J connectivity index is 2.78. The maximum absolute atomic E-state index is 11.6. The summed E-state index contributed by atoms with van der Waals surface area (Å²) >= 11 is 0. The average molecular weight is 208 g/mol. The Morgan fingerprint density at radius 1 is 1.46 bits per heavy atom. The van der Waals surface area contributed by atoms with Gasteiger partial charge in [0.15, 0.2) is 0 Å². The summed E-state index contributed by atoms with van der Waals surface area (Å²) < 4.78 is 25.6. The molecule has 1 unspecified atom stereocenters. The molecule has 0 aromatic heterocycles. The molecular formula is C7H16N2O3S. The molecule has 0 saturated carbocycles. The van der Waals surface area contributed by atoms with E-state index in [1.165, 1.54) is 18.4 Å². The minimum Gasteiger partial charge on any atom is -0.389 e. The first kappa shape index (κ1) is 10.9. The summed E-state index contributed by atoms with van der Waals surface area (Å²) in [4.78, 5) is 0. The molecule has 1 rings (SSSR count). The summed E-state index contributed by atoms with van der Waals surface area (Å²) in [5.74, 6) is 0. The van der Waals surface area contributed by atoms with E-state index < -0.39 is 15.8 Å². The second-order valence-corrected chi connectivity index (χ2v) is 6.01. The number of nitrogens with zero attached hydrogens (tertiary/aromatic N) is 2. The van der Waals surface area contributed by atoms with Crippen molar-refractivity contribution in [1.29, 1.82) is 0 Å². The molecule has 0 bridgehead atoms. The molecule has 78 valence electrons. The average Bonchev–Trinajstić information content (AvgIpc) is 2.30. The third-order valence-electron chi connectivity index (χ3n) is 2.20. The van der Waals surface area contributed by atoms with Gasteiger partial charge in [0, 0.05) is 27.2 Å². The molecule has 0 spiro atoms. The molecule has 1 saturated heterocycles. The van der Waals surface area contributed by atoms with Crippen LogP contribution in [-0.2, 0) is 10.2 Å². The van der Waals surface area contributed by atoms with E-state index in [0.29, 0.717) is 13.0 Å². The van der Waals surface area contributed by atoms with E-state index in [4.69, 9.17) is 0 Å². The first-order valence-corrected chi connectivity index (χ1v) is 5.55. The van der Waals surface area contributed by atoms with Crippen molar-refractivity contribution in [3.63, 3.8) is 0 Å². The van der Waals surface area contributed by atoms with Crippen LogP contribution < -0.4 is 0 Å². The molecule has 0 aliphatic carbocycles. The minimum atomic E-state index is -3.34. The topological polar surface area (TPSA) is 60.9 Å². The Labute approximate surface area is 79.1 Å². The fourth-order valence-electron chi connectivity index (χ4n) is 1.33. The second-order valence-electron chi connectivity index (χ2n) is 3.87. The van der Waals surface area contributed by atoms with Crippen LogP contribution in [0.4, 0.5) is 0 Å². The van der Waals surface area contributed by atoms with Crippen molar-refractivity contribution in [3.05, 3.63) is 0 Å². The van der Waals surface area contributed by atoms with E-state index in [0.717, 1.165) is 4.31 Å². The van der Waals surface area contributed by atoms with Gasteiger partial charge in [-0.2, -0.15) is 17.0 Å². The lowest BCUT2D eigenvalue weighted by Crippen LogP contribution is -2.40. The van der Waals surface area contributed by atoms with Gasteiger partial charge in [0.05, 0.1) is 5.60 Å². The van der Waals surface area contributed by atoms with Crippen LogP contribution in [0, 0.1) is 0 Å². The maximum Gasteiger partial charge on any atom is 0.281 e. The highest BCUT2D eigenvalue weighted by Crippen LogP contribution is 2.23. The lowest BCUT2D eigenvalue weighted by molar-refractivity contribution is 0.0759. The van der Waals surface area contributed by atoms with Crippen molar-refractivity contribution in [2.45, 2.75) is 18.9 Å². The van der Waals surface area contributed by atoms with Gasteiger partial charge in [-0.15, -0.1) is 0 Å². The van der Waals surface area contributed by atoms with Crippen LogP contribution in [0.2, 0.25) is 0 Å². The number of rotatable bonds is 2. The molecule has 0 amide bonds. The lowest BCUT2D eigenvalue weighted by atomic mass is 10.1. The van der Waals surface area contributed by atoms with Gasteiger partial charge in [-0.1, -0.05) is 0 Å². The van der Waals surface area contributed by atoms with Gasteiger partial charge in [0.1, 0.15) is 0 Å². The summed E-state index contributed by atoms with van der Waals surface area (Å²) in [7, 11) is -0.364. The van der Waals surface area contributed by atoms with E-state index in [9.17, 15) is 13.5 Å². The fourth-order valence-corrected chi connectivity index (χ4v) is 2.56. The Kier molecular flexibility index (Phi) is 2.68. The first-order valence-electron chi connectivity index (χ1n) is 4.16. The van der Waals surface area contributed by atoms with Gasteiger partial charge < -0.3 is 5.11 Å². The molecule has 6 heteroatoms. The summed E-state index contributed by atoms with van der Waals surface area (Å²) in [6.07, 6.45) is 0.500. The predicted molar refractivity (Wildman–Crippen MR) is 49.4 cm³/mol. The Morgan fingerprint density at radius 2 is 2.00 bits per heavy atom. The van der Waals surface area contributed by atoms with Gasteiger partial charge in [0.25, 0.3) is 10.2 Å². The van der Waals surface area contributed by atoms with Crippen molar-refractivity contribution in [2.75, 3.05) is 27.2 Å². The highest BCUT2D eigenvalue weighted by atomic mass is 32.2. The molecule has 1 aliphatic heterocycles. The van der Waals surface area contributed by atoms with Gasteiger partial charge in [-0.3, -0.25) is 0 Å². The van der Waals surface area contributed by atoms with Gasteiger partial charge in [-0.25, -0.2) is 0 Å². The Bertz CT molecular complexity index is 284. The van der Waals surface area contributed by atoms with Crippen molar-refractivity contribution in [1.82, 2.24) is 8.61 Å². The third-order valence-corrected chi connectivity index (χ3v) is 4.09. The second kappa shape index (κ2) is 3.20. The van der Waals surface area contributed by atoms with Crippen molar-refractivity contribution >= 4 is 10.2 Å².